The first-order valence-corrected chi connectivity index (χ1v) is 11.2. The van der Waals surface area contributed by atoms with Crippen LogP contribution < -0.4 is 10.2 Å². The van der Waals surface area contributed by atoms with Crippen molar-refractivity contribution < 1.29 is 4.74 Å². The van der Waals surface area contributed by atoms with Crippen molar-refractivity contribution >= 4 is 35.2 Å². The molecule has 1 unspecified atom stereocenters. The third-order valence-corrected chi connectivity index (χ3v) is 6.20. The van der Waals surface area contributed by atoms with Crippen molar-refractivity contribution in [3.8, 4) is 0 Å². The summed E-state index contributed by atoms with van der Waals surface area (Å²) in [7, 11) is 3.77. The van der Waals surface area contributed by atoms with E-state index < -0.39 is 0 Å². The first-order chi connectivity index (χ1) is 15.1. The molecule has 4 rings (SSSR count). The number of thioether (sulfide) groups is 1. The fourth-order valence-electron chi connectivity index (χ4n) is 3.39. The molecule has 1 fully saturated rings. The number of hydrogen-bond donors (Lipinski definition) is 2. The minimum Gasteiger partial charge on any atom is -0.495 e. The van der Waals surface area contributed by atoms with Crippen LogP contribution in [0.3, 0.4) is 0 Å². The Hall–Kier alpha value is -2.85. The van der Waals surface area contributed by atoms with Gasteiger partial charge in [-0.2, -0.15) is 20.1 Å². The molecule has 0 radical (unpaired) electrons. The Balaban J connectivity index is 1.58. The van der Waals surface area contributed by atoms with Gasteiger partial charge in [-0.25, -0.2) is 0 Å². The van der Waals surface area contributed by atoms with Crippen LogP contribution in [-0.2, 0) is 4.74 Å². The van der Waals surface area contributed by atoms with Crippen molar-refractivity contribution in [2.75, 3.05) is 50.6 Å². The molecule has 2 aliphatic rings. The molecule has 0 aromatic carbocycles. The summed E-state index contributed by atoms with van der Waals surface area (Å²) in [4.78, 5) is 18.7. The van der Waals surface area contributed by atoms with E-state index in [1.807, 2.05) is 19.1 Å². The van der Waals surface area contributed by atoms with Crippen molar-refractivity contribution in [1.82, 2.24) is 30.0 Å². The fraction of sp³-hybridized carbons (Fsp3) is 0.429. The number of piperazine rings is 1. The number of allylic oxidation sites excluding steroid dienone is 4. The largest absolute Gasteiger partial charge is 0.495 e. The monoisotopic (exact) mass is 440 g/mol. The van der Waals surface area contributed by atoms with Gasteiger partial charge in [-0.05, 0) is 26.5 Å². The Kier molecular flexibility index (Phi) is 6.88. The smallest absolute Gasteiger partial charge is 0.234 e. The van der Waals surface area contributed by atoms with Gasteiger partial charge < -0.3 is 19.9 Å². The summed E-state index contributed by atoms with van der Waals surface area (Å²) in [6.45, 7) is 5.67. The lowest BCUT2D eigenvalue weighted by Crippen LogP contribution is -2.45. The molecule has 2 aromatic heterocycles. The lowest BCUT2D eigenvalue weighted by Gasteiger charge is -2.32. The van der Waals surface area contributed by atoms with Crippen molar-refractivity contribution in [1.29, 1.82) is 0 Å². The van der Waals surface area contributed by atoms with E-state index in [9.17, 15) is 0 Å². The molecule has 1 aliphatic heterocycles. The van der Waals surface area contributed by atoms with E-state index in [4.69, 9.17) is 14.7 Å². The van der Waals surface area contributed by atoms with Crippen LogP contribution in [0.15, 0.2) is 41.6 Å². The number of anilines is 3. The van der Waals surface area contributed by atoms with Gasteiger partial charge in [-0.1, -0.05) is 36.1 Å². The Morgan fingerprint density at radius 2 is 2.06 bits per heavy atom. The predicted molar refractivity (Wildman–Crippen MR) is 125 cm³/mol. The molecule has 0 spiro atoms. The number of likely N-dealkylation sites (N-methyl/N-ethyl adjacent to an activating group) is 1. The highest BCUT2D eigenvalue weighted by Crippen LogP contribution is 2.28. The van der Waals surface area contributed by atoms with E-state index in [-0.39, 0.29) is 0 Å². The molecule has 1 aliphatic carbocycles. The molecule has 0 bridgehead atoms. The van der Waals surface area contributed by atoms with E-state index in [0.717, 1.165) is 44.1 Å². The van der Waals surface area contributed by atoms with E-state index >= 15 is 0 Å². The topological polar surface area (TPSA) is 95.1 Å². The van der Waals surface area contributed by atoms with Crippen molar-refractivity contribution in [3.05, 3.63) is 42.1 Å². The van der Waals surface area contributed by atoms with Crippen molar-refractivity contribution in [2.24, 2.45) is 0 Å². The second-order valence-electron chi connectivity index (χ2n) is 7.39. The van der Waals surface area contributed by atoms with Crippen LogP contribution in [0.5, 0.6) is 0 Å². The summed E-state index contributed by atoms with van der Waals surface area (Å²) in [6.07, 6.45) is 11.3. The maximum atomic E-state index is 5.35. The predicted octanol–water partition coefficient (Wildman–Crippen LogP) is 3.07. The highest BCUT2D eigenvalue weighted by Gasteiger charge is 2.20. The number of nitrogens with one attached hydrogen (secondary N) is 2. The van der Waals surface area contributed by atoms with Crippen LogP contribution in [-0.4, -0.2) is 75.6 Å². The van der Waals surface area contributed by atoms with Gasteiger partial charge in [0, 0.05) is 37.5 Å². The third kappa shape index (κ3) is 5.45. The molecule has 2 aromatic rings. The van der Waals surface area contributed by atoms with Gasteiger partial charge >= 0.3 is 0 Å². The average Bonchev–Trinajstić information content (AvgIpc) is 3.24. The molecular formula is C21H28N8OS. The minimum absolute atomic E-state index is 0.316. The van der Waals surface area contributed by atoms with Crippen molar-refractivity contribution in [2.45, 2.75) is 23.8 Å². The standard InChI is InChI=1S/C21H28N8OS/c1-4-17(30-3)16-14-18(27-26-16)22-19-23-20(29-12-10-28(2)11-13-29)25-21(24-19)31-15-8-6-5-7-9-15/h4-8,14-15H,9-13H2,1-3H3,(H2,22,23,24,25,26,27)/b17-4-. The number of aromatic nitrogens is 5. The molecule has 0 saturated carbocycles. The van der Waals surface area contributed by atoms with Crippen LogP contribution in [0, 0.1) is 0 Å². The van der Waals surface area contributed by atoms with Crippen LogP contribution >= 0.6 is 11.8 Å². The number of methoxy groups -OCH3 is 1. The summed E-state index contributed by atoms with van der Waals surface area (Å²) in [6, 6.07) is 1.87. The Labute approximate surface area is 186 Å². The summed E-state index contributed by atoms with van der Waals surface area (Å²) in [5, 5.41) is 11.5. The SMILES string of the molecule is C/C=C(\OC)c1cc(Nc2nc(SC3C=CC=CC3)nc(N3CCN(C)CC3)n2)n[nH]1. The zero-order valence-electron chi connectivity index (χ0n) is 18.1. The molecule has 31 heavy (non-hydrogen) atoms. The molecular weight excluding hydrogens is 412 g/mol. The summed E-state index contributed by atoms with van der Waals surface area (Å²) in [5.41, 5.74) is 0.787. The zero-order valence-corrected chi connectivity index (χ0v) is 18.9. The van der Waals surface area contributed by atoms with Gasteiger partial charge in [0.15, 0.2) is 11.0 Å². The molecule has 1 saturated heterocycles. The number of ether oxygens (including phenoxy) is 1. The average molecular weight is 441 g/mol. The normalized spacial score (nSPS) is 19.6. The van der Waals surface area contributed by atoms with Crippen molar-refractivity contribution in [3.63, 3.8) is 0 Å². The Morgan fingerprint density at radius 3 is 2.77 bits per heavy atom. The zero-order chi connectivity index (χ0) is 21.6. The molecule has 3 heterocycles. The maximum Gasteiger partial charge on any atom is 0.234 e. The van der Waals surface area contributed by atoms with Gasteiger partial charge in [-0.3, -0.25) is 5.10 Å². The second kappa shape index (κ2) is 9.97. The highest BCUT2D eigenvalue weighted by atomic mass is 32.2. The Bertz CT molecular complexity index is 978. The Morgan fingerprint density at radius 1 is 1.23 bits per heavy atom. The summed E-state index contributed by atoms with van der Waals surface area (Å²) >= 11 is 1.65. The van der Waals surface area contributed by atoms with Crippen LogP contribution in [0.1, 0.15) is 19.0 Å². The second-order valence-corrected chi connectivity index (χ2v) is 8.59. The fourth-order valence-corrected chi connectivity index (χ4v) is 4.31. The number of aromatic amines is 1. The van der Waals surface area contributed by atoms with Gasteiger partial charge in [-0.15, -0.1) is 0 Å². The van der Waals surface area contributed by atoms with E-state index in [0.29, 0.717) is 28.1 Å². The van der Waals surface area contributed by atoms with E-state index in [1.165, 1.54) is 0 Å². The number of nitrogens with zero attached hydrogens (tertiary/aromatic N) is 6. The van der Waals surface area contributed by atoms with Crippen LogP contribution in [0.4, 0.5) is 17.7 Å². The van der Waals surface area contributed by atoms with Crippen LogP contribution in [0.2, 0.25) is 0 Å². The quantitative estimate of drug-likeness (QED) is 0.630. The molecule has 164 valence electrons. The lowest BCUT2D eigenvalue weighted by molar-refractivity contribution is 0.311. The number of hydrogen-bond acceptors (Lipinski definition) is 9. The highest BCUT2D eigenvalue weighted by molar-refractivity contribution is 7.99. The van der Waals surface area contributed by atoms with E-state index in [1.54, 1.807) is 18.9 Å². The molecule has 2 N–H and O–H groups in total. The van der Waals surface area contributed by atoms with Gasteiger partial charge in [0.25, 0.3) is 0 Å². The van der Waals surface area contributed by atoms with Crippen LogP contribution in [0.25, 0.3) is 5.76 Å². The van der Waals surface area contributed by atoms with E-state index in [2.05, 4.69) is 61.6 Å². The third-order valence-electron chi connectivity index (χ3n) is 5.15. The first-order valence-electron chi connectivity index (χ1n) is 10.4. The van der Waals surface area contributed by atoms with Gasteiger partial charge in [0.1, 0.15) is 11.5 Å². The van der Waals surface area contributed by atoms with Gasteiger partial charge in [0.05, 0.1) is 7.11 Å². The lowest BCUT2D eigenvalue weighted by atomic mass is 10.2. The minimum atomic E-state index is 0.316. The molecule has 1 atom stereocenters. The summed E-state index contributed by atoms with van der Waals surface area (Å²) in [5.74, 6) is 2.53. The van der Waals surface area contributed by atoms with Gasteiger partial charge in [0.2, 0.25) is 11.9 Å². The molecule has 10 heteroatoms. The first kappa shape index (κ1) is 21.4. The maximum absolute atomic E-state index is 5.35. The molecule has 9 nitrogen and oxygen atoms in total. The number of rotatable bonds is 7. The molecule has 0 amide bonds. The summed E-state index contributed by atoms with van der Waals surface area (Å²) < 4.78 is 5.35. The number of H-pyrrole nitrogens is 1.